The van der Waals surface area contributed by atoms with Crippen molar-refractivity contribution in [1.82, 2.24) is 0 Å². The highest BCUT2D eigenvalue weighted by atomic mass is 79.9. The van der Waals surface area contributed by atoms with Gasteiger partial charge < -0.3 is 14.8 Å². The van der Waals surface area contributed by atoms with Crippen molar-refractivity contribution in [3.63, 3.8) is 0 Å². The average molecular weight is 338 g/mol. The molecule has 102 valence electrons. The molecule has 0 aromatic heterocycles. The van der Waals surface area contributed by atoms with Crippen molar-refractivity contribution in [2.24, 2.45) is 0 Å². The molecule has 1 aromatic rings. The maximum atomic E-state index is 5.86. The van der Waals surface area contributed by atoms with E-state index in [1.807, 2.05) is 18.2 Å². The zero-order valence-electron chi connectivity index (χ0n) is 10.6. The van der Waals surface area contributed by atoms with Gasteiger partial charge in [-0.2, -0.15) is 0 Å². The quantitative estimate of drug-likeness (QED) is 0.703. The van der Waals surface area contributed by atoms with Crippen LogP contribution < -0.4 is 10.1 Å². The number of nitrogens with two attached hydrogens (primary N) is 1. The molecule has 0 heterocycles. The number of quaternary nitrogens is 1. The van der Waals surface area contributed by atoms with Crippen molar-refractivity contribution in [3.8, 4) is 5.75 Å². The highest BCUT2D eigenvalue weighted by Crippen LogP contribution is 2.27. The Morgan fingerprint density at radius 1 is 1.22 bits per heavy atom. The van der Waals surface area contributed by atoms with Gasteiger partial charge >= 0.3 is 0 Å². The molecule has 0 bridgehead atoms. The maximum absolute atomic E-state index is 5.86. The smallest absolute Gasteiger partial charge is 0.133 e. The van der Waals surface area contributed by atoms with Crippen LogP contribution in [-0.4, -0.2) is 33.4 Å². The first-order valence-corrected chi connectivity index (χ1v) is 7.29. The summed E-state index contributed by atoms with van der Waals surface area (Å²) < 4.78 is 11.6. The van der Waals surface area contributed by atoms with Crippen LogP contribution in [0.5, 0.6) is 5.75 Å². The van der Waals surface area contributed by atoms with Gasteiger partial charge in [-0.15, -0.1) is 0 Å². The highest BCUT2D eigenvalue weighted by molar-refractivity contribution is 9.10. The number of hydrogen-bond donors (Lipinski definition) is 1. The number of benzene rings is 1. The standard InChI is InChI=1S/C13H19BrClNO2/c1-17-9-7-16-6-2-3-8-18-13-5-4-11(15)10-12(13)14/h4-5,10,16H,2-3,6-9H2,1H3/p+1. The number of hydrogen-bond acceptors (Lipinski definition) is 2. The Balaban J connectivity index is 2.07. The third-order valence-electron chi connectivity index (χ3n) is 2.48. The van der Waals surface area contributed by atoms with Gasteiger partial charge in [0, 0.05) is 12.1 Å². The van der Waals surface area contributed by atoms with E-state index in [1.165, 1.54) is 0 Å². The van der Waals surface area contributed by atoms with Gasteiger partial charge in [-0.05, 0) is 47.0 Å². The second kappa shape index (κ2) is 9.62. The van der Waals surface area contributed by atoms with Crippen LogP contribution >= 0.6 is 27.5 Å². The normalized spacial score (nSPS) is 10.6. The van der Waals surface area contributed by atoms with E-state index in [0.717, 1.165) is 49.4 Å². The number of unbranched alkanes of at least 4 members (excludes halogenated alkanes) is 1. The van der Waals surface area contributed by atoms with E-state index in [0.29, 0.717) is 5.02 Å². The molecule has 2 N–H and O–H groups in total. The minimum absolute atomic E-state index is 0.710. The van der Waals surface area contributed by atoms with Gasteiger partial charge in [-0.3, -0.25) is 0 Å². The third-order valence-corrected chi connectivity index (χ3v) is 3.33. The van der Waals surface area contributed by atoms with Crippen LogP contribution in [0.25, 0.3) is 0 Å². The first-order valence-electron chi connectivity index (χ1n) is 6.12. The Bertz CT molecular complexity index is 350. The van der Waals surface area contributed by atoms with Crippen molar-refractivity contribution in [1.29, 1.82) is 0 Å². The molecule has 0 spiro atoms. The maximum Gasteiger partial charge on any atom is 0.133 e. The molecule has 1 aromatic carbocycles. The second-order valence-electron chi connectivity index (χ2n) is 3.99. The van der Waals surface area contributed by atoms with Crippen LogP contribution in [0.3, 0.4) is 0 Å². The Kier molecular flexibility index (Phi) is 8.42. The van der Waals surface area contributed by atoms with Crippen molar-refractivity contribution in [3.05, 3.63) is 27.7 Å². The van der Waals surface area contributed by atoms with Crippen LogP contribution in [-0.2, 0) is 4.74 Å². The Morgan fingerprint density at radius 3 is 2.78 bits per heavy atom. The zero-order chi connectivity index (χ0) is 13.2. The van der Waals surface area contributed by atoms with Gasteiger partial charge in [-0.25, -0.2) is 0 Å². The van der Waals surface area contributed by atoms with Gasteiger partial charge in [-0.1, -0.05) is 11.6 Å². The van der Waals surface area contributed by atoms with E-state index in [2.05, 4.69) is 21.2 Å². The van der Waals surface area contributed by atoms with Gasteiger partial charge in [0.2, 0.25) is 0 Å². The zero-order valence-corrected chi connectivity index (χ0v) is 13.0. The molecule has 0 saturated carbocycles. The summed E-state index contributed by atoms with van der Waals surface area (Å²) in [5, 5.41) is 2.98. The molecule has 0 atom stereocenters. The van der Waals surface area contributed by atoms with E-state index >= 15 is 0 Å². The number of halogens is 2. The molecule has 0 amide bonds. The van der Waals surface area contributed by atoms with E-state index in [4.69, 9.17) is 21.1 Å². The number of ether oxygens (including phenoxy) is 2. The summed E-state index contributed by atoms with van der Waals surface area (Å²) in [6, 6.07) is 5.56. The summed E-state index contributed by atoms with van der Waals surface area (Å²) in [4.78, 5) is 0. The first kappa shape index (κ1) is 15.8. The van der Waals surface area contributed by atoms with Crippen LogP contribution in [0.2, 0.25) is 5.02 Å². The molecular formula is C13H20BrClNO2+. The third kappa shape index (κ3) is 6.59. The monoisotopic (exact) mass is 336 g/mol. The first-order chi connectivity index (χ1) is 8.74. The topological polar surface area (TPSA) is 35.1 Å². The van der Waals surface area contributed by atoms with E-state index in [9.17, 15) is 0 Å². The molecule has 0 saturated heterocycles. The fraction of sp³-hybridized carbons (Fsp3) is 0.538. The lowest BCUT2D eigenvalue weighted by Gasteiger charge is -2.08. The molecule has 0 aliphatic carbocycles. The van der Waals surface area contributed by atoms with Crippen molar-refractivity contribution >= 4 is 27.5 Å². The van der Waals surface area contributed by atoms with E-state index in [1.54, 1.807) is 7.11 Å². The molecule has 0 fully saturated rings. The molecule has 1 rings (SSSR count). The fourth-order valence-electron chi connectivity index (χ4n) is 1.51. The summed E-state index contributed by atoms with van der Waals surface area (Å²) in [5.74, 6) is 0.850. The molecular weight excluding hydrogens is 318 g/mol. The lowest BCUT2D eigenvalue weighted by Crippen LogP contribution is -2.85. The highest BCUT2D eigenvalue weighted by Gasteiger charge is 2.01. The second-order valence-corrected chi connectivity index (χ2v) is 5.28. The van der Waals surface area contributed by atoms with E-state index < -0.39 is 0 Å². The van der Waals surface area contributed by atoms with Gasteiger partial charge in [0.25, 0.3) is 0 Å². The SMILES string of the molecule is COCC[NH2+]CCCCOc1ccc(Cl)cc1Br. The molecule has 0 aliphatic rings. The Labute approximate surface area is 122 Å². The van der Waals surface area contributed by atoms with Gasteiger partial charge in [0.15, 0.2) is 0 Å². The molecule has 0 unspecified atom stereocenters. The molecule has 0 radical (unpaired) electrons. The van der Waals surface area contributed by atoms with E-state index in [-0.39, 0.29) is 0 Å². The minimum Gasteiger partial charge on any atom is -0.492 e. The minimum atomic E-state index is 0.710. The van der Waals surface area contributed by atoms with Crippen LogP contribution in [0, 0.1) is 0 Å². The lowest BCUT2D eigenvalue weighted by molar-refractivity contribution is -0.656. The van der Waals surface area contributed by atoms with Crippen LogP contribution in [0.15, 0.2) is 22.7 Å². The predicted molar refractivity (Wildman–Crippen MR) is 77.4 cm³/mol. The Hall–Kier alpha value is -0.290. The molecule has 5 heteroatoms. The van der Waals surface area contributed by atoms with Crippen molar-refractivity contribution < 1.29 is 14.8 Å². The number of methoxy groups -OCH3 is 1. The number of rotatable bonds is 9. The summed E-state index contributed by atoms with van der Waals surface area (Å²) in [5.41, 5.74) is 0. The molecule has 0 aliphatic heterocycles. The van der Waals surface area contributed by atoms with Gasteiger partial charge in [0.05, 0.1) is 30.8 Å². The largest absolute Gasteiger partial charge is 0.492 e. The fourth-order valence-corrected chi connectivity index (χ4v) is 2.31. The van der Waals surface area contributed by atoms with Crippen LogP contribution in [0.1, 0.15) is 12.8 Å². The van der Waals surface area contributed by atoms with Gasteiger partial charge in [0.1, 0.15) is 5.75 Å². The summed E-state index contributed by atoms with van der Waals surface area (Å²) in [7, 11) is 1.73. The van der Waals surface area contributed by atoms with Crippen molar-refractivity contribution in [2.45, 2.75) is 12.8 Å². The predicted octanol–water partition coefficient (Wildman–Crippen LogP) is 2.47. The summed E-state index contributed by atoms with van der Waals surface area (Å²) >= 11 is 9.29. The summed E-state index contributed by atoms with van der Waals surface area (Å²) in [6.07, 6.45) is 2.20. The summed E-state index contributed by atoms with van der Waals surface area (Å²) in [6.45, 7) is 3.70. The molecule has 18 heavy (non-hydrogen) atoms. The van der Waals surface area contributed by atoms with Crippen LogP contribution in [0.4, 0.5) is 0 Å². The van der Waals surface area contributed by atoms with Crippen molar-refractivity contribution in [2.75, 3.05) is 33.4 Å². The molecule has 3 nitrogen and oxygen atoms in total. The lowest BCUT2D eigenvalue weighted by atomic mass is 10.3. The Morgan fingerprint density at radius 2 is 2.06 bits per heavy atom. The average Bonchev–Trinajstić information content (AvgIpc) is 2.35.